The first-order valence-electron chi connectivity index (χ1n) is 7.36. The maximum atomic E-state index is 12.3. The Labute approximate surface area is 116 Å². The Morgan fingerprint density at radius 2 is 1.79 bits per heavy atom. The van der Waals surface area contributed by atoms with Crippen molar-refractivity contribution in [2.24, 2.45) is 11.7 Å². The summed E-state index contributed by atoms with van der Waals surface area (Å²) in [5.74, 6) is 0.432. The Bertz CT molecular complexity index is 307. The maximum Gasteiger partial charge on any atom is 0.225 e. The van der Waals surface area contributed by atoms with Crippen LogP contribution in [-0.4, -0.2) is 54.3 Å². The van der Waals surface area contributed by atoms with Gasteiger partial charge in [-0.05, 0) is 25.8 Å². The van der Waals surface area contributed by atoms with Gasteiger partial charge in [-0.15, -0.1) is 0 Å². The Balaban J connectivity index is 2.47. The summed E-state index contributed by atoms with van der Waals surface area (Å²) in [6.07, 6.45) is 3.16. The molecule has 0 radical (unpaired) electrons. The number of amides is 2. The molecular weight excluding hydrogens is 242 g/mol. The molecule has 5 heteroatoms. The van der Waals surface area contributed by atoms with Crippen molar-refractivity contribution >= 4 is 11.8 Å². The standard InChI is InChI=1S/C14H27N3O2/c1-3-13(18)16-8-5-9-17(11-10-16)14(19)12(2)6-4-7-15/h12H,3-11,15H2,1-2H3. The molecular formula is C14H27N3O2. The Morgan fingerprint density at radius 3 is 2.42 bits per heavy atom. The molecule has 19 heavy (non-hydrogen) atoms. The van der Waals surface area contributed by atoms with E-state index in [0.717, 1.165) is 32.4 Å². The molecule has 0 aliphatic carbocycles. The molecule has 0 aromatic heterocycles. The van der Waals surface area contributed by atoms with Crippen LogP contribution < -0.4 is 5.73 Å². The molecule has 110 valence electrons. The lowest BCUT2D eigenvalue weighted by Gasteiger charge is -2.24. The Kier molecular flexibility index (Phi) is 6.84. The summed E-state index contributed by atoms with van der Waals surface area (Å²) in [5.41, 5.74) is 5.48. The molecule has 2 amide bonds. The van der Waals surface area contributed by atoms with E-state index in [1.54, 1.807) is 0 Å². The average molecular weight is 269 g/mol. The highest BCUT2D eigenvalue weighted by atomic mass is 16.2. The van der Waals surface area contributed by atoms with Gasteiger partial charge in [0.05, 0.1) is 0 Å². The van der Waals surface area contributed by atoms with E-state index in [2.05, 4.69) is 0 Å². The number of hydrogen-bond acceptors (Lipinski definition) is 3. The molecule has 1 aliphatic heterocycles. The molecule has 5 nitrogen and oxygen atoms in total. The minimum atomic E-state index is 0.0389. The van der Waals surface area contributed by atoms with Gasteiger partial charge in [-0.3, -0.25) is 9.59 Å². The highest BCUT2D eigenvalue weighted by Gasteiger charge is 2.24. The monoisotopic (exact) mass is 269 g/mol. The van der Waals surface area contributed by atoms with Gasteiger partial charge in [0.15, 0.2) is 0 Å². The van der Waals surface area contributed by atoms with Crippen molar-refractivity contribution in [2.75, 3.05) is 32.7 Å². The molecule has 1 atom stereocenters. The first kappa shape index (κ1) is 16.0. The molecule has 1 unspecified atom stereocenters. The number of nitrogens with zero attached hydrogens (tertiary/aromatic N) is 2. The van der Waals surface area contributed by atoms with Crippen LogP contribution in [0.15, 0.2) is 0 Å². The van der Waals surface area contributed by atoms with Crippen LogP contribution in [0.2, 0.25) is 0 Å². The van der Waals surface area contributed by atoms with Crippen molar-refractivity contribution < 1.29 is 9.59 Å². The van der Waals surface area contributed by atoms with E-state index >= 15 is 0 Å². The minimum absolute atomic E-state index is 0.0389. The third-order valence-corrected chi connectivity index (χ3v) is 3.73. The highest BCUT2D eigenvalue weighted by Crippen LogP contribution is 2.12. The SMILES string of the molecule is CCC(=O)N1CCCN(C(=O)C(C)CCCN)CC1. The topological polar surface area (TPSA) is 66.6 Å². The number of rotatable bonds is 5. The van der Waals surface area contributed by atoms with Crippen LogP contribution in [0, 0.1) is 5.92 Å². The van der Waals surface area contributed by atoms with Gasteiger partial charge < -0.3 is 15.5 Å². The second-order valence-corrected chi connectivity index (χ2v) is 5.25. The van der Waals surface area contributed by atoms with E-state index in [9.17, 15) is 9.59 Å². The normalized spacial score (nSPS) is 18.1. The maximum absolute atomic E-state index is 12.3. The largest absolute Gasteiger partial charge is 0.341 e. The van der Waals surface area contributed by atoms with Crippen LogP contribution in [0.1, 0.15) is 39.5 Å². The van der Waals surface area contributed by atoms with Crippen LogP contribution in [0.5, 0.6) is 0 Å². The number of nitrogens with two attached hydrogens (primary N) is 1. The second-order valence-electron chi connectivity index (χ2n) is 5.25. The lowest BCUT2D eigenvalue weighted by atomic mass is 10.0. The third kappa shape index (κ3) is 4.82. The zero-order chi connectivity index (χ0) is 14.3. The quantitative estimate of drug-likeness (QED) is 0.804. The Hall–Kier alpha value is -1.10. The summed E-state index contributed by atoms with van der Waals surface area (Å²) in [7, 11) is 0. The number of carbonyl (C=O) groups excluding carboxylic acids is 2. The van der Waals surface area contributed by atoms with Crippen LogP contribution in [-0.2, 0) is 9.59 Å². The third-order valence-electron chi connectivity index (χ3n) is 3.73. The fourth-order valence-corrected chi connectivity index (χ4v) is 2.47. The summed E-state index contributed by atoms with van der Waals surface area (Å²) in [4.78, 5) is 27.7. The fourth-order valence-electron chi connectivity index (χ4n) is 2.47. The summed E-state index contributed by atoms with van der Waals surface area (Å²) in [6, 6.07) is 0. The van der Waals surface area contributed by atoms with Gasteiger partial charge in [-0.25, -0.2) is 0 Å². The van der Waals surface area contributed by atoms with Crippen LogP contribution in [0.3, 0.4) is 0 Å². The minimum Gasteiger partial charge on any atom is -0.341 e. The molecule has 2 N–H and O–H groups in total. The van der Waals surface area contributed by atoms with Gasteiger partial charge in [0.25, 0.3) is 0 Å². The van der Waals surface area contributed by atoms with Crippen LogP contribution in [0.25, 0.3) is 0 Å². The first-order chi connectivity index (χ1) is 9.10. The van der Waals surface area contributed by atoms with Gasteiger partial charge in [-0.1, -0.05) is 13.8 Å². The van der Waals surface area contributed by atoms with Crippen molar-refractivity contribution in [3.63, 3.8) is 0 Å². The summed E-state index contributed by atoms with van der Waals surface area (Å²) in [5, 5.41) is 0. The molecule has 0 aromatic rings. The van der Waals surface area contributed by atoms with Gasteiger partial charge in [-0.2, -0.15) is 0 Å². The van der Waals surface area contributed by atoms with Crippen LogP contribution in [0.4, 0.5) is 0 Å². The molecule has 0 bridgehead atoms. The van der Waals surface area contributed by atoms with E-state index in [0.29, 0.717) is 26.1 Å². The zero-order valence-electron chi connectivity index (χ0n) is 12.2. The molecule has 0 saturated carbocycles. The van der Waals surface area contributed by atoms with E-state index < -0.39 is 0 Å². The van der Waals surface area contributed by atoms with E-state index in [-0.39, 0.29) is 17.7 Å². The van der Waals surface area contributed by atoms with Gasteiger partial charge in [0, 0.05) is 38.5 Å². The zero-order valence-corrected chi connectivity index (χ0v) is 12.2. The summed E-state index contributed by atoms with van der Waals surface area (Å²) >= 11 is 0. The molecule has 1 fully saturated rings. The lowest BCUT2D eigenvalue weighted by molar-refractivity contribution is -0.136. The second kappa shape index (κ2) is 8.15. The van der Waals surface area contributed by atoms with Crippen molar-refractivity contribution in [3.8, 4) is 0 Å². The van der Waals surface area contributed by atoms with Crippen molar-refractivity contribution in [3.05, 3.63) is 0 Å². The van der Waals surface area contributed by atoms with Crippen molar-refractivity contribution in [2.45, 2.75) is 39.5 Å². The molecule has 1 saturated heterocycles. The molecule has 0 spiro atoms. The first-order valence-corrected chi connectivity index (χ1v) is 7.36. The molecule has 1 aliphatic rings. The van der Waals surface area contributed by atoms with E-state index in [4.69, 9.17) is 5.73 Å². The summed E-state index contributed by atoms with van der Waals surface area (Å²) in [6.45, 7) is 7.35. The fraction of sp³-hybridized carbons (Fsp3) is 0.857. The number of hydrogen-bond donors (Lipinski definition) is 1. The van der Waals surface area contributed by atoms with E-state index in [1.807, 2.05) is 23.6 Å². The van der Waals surface area contributed by atoms with Crippen molar-refractivity contribution in [1.29, 1.82) is 0 Å². The Morgan fingerprint density at radius 1 is 1.16 bits per heavy atom. The van der Waals surface area contributed by atoms with Crippen molar-refractivity contribution in [1.82, 2.24) is 9.80 Å². The van der Waals surface area contributed by atoms with E-state index in [1.165, 1.54) is 0 Å². The summed E-state index contributed by atoms with van der Waals surface area (Å²) < 4.78 is 0. The van der Waals surface area contributed by atoms with Crippen LogP contribution >= 0.6 is 0 Å². The smallest absolute Gasteiger partial charge is 0.225 e. The molecule has 0 aromatic carbocycles. The highest BCUT2D eigenvalue weighted by molar-refractivity contribution is 5.79. The number of carbonyl (C=O) groups is 2. The predicted octanol–water partition coefficient (Wildman–Crippen LogP) is 0.832. The lowest BCUT2D eigenvalue weighted by Crippen LogP contribution is -2.39. The molecule has 1 rings (SSSR count). The van der Waals surface area contributed by atoms with Gasteiger partial charge >= 0.3 is 0 Å². The predicted molar refractivity (Wildman–Crippen MR) is 75.5 cm³/mol. The van der Waals surface area contributed by atoms with Gasteiger partial charge in [0.2, 0.25) is 11.8 Å². The average Bonchev–Trinajstić information content (AvgIpc) is 2.68. The van der Waals surface area contributed by atoms with Gasteiger partial charge in [0.1, 0.15) is 0 Å². The molecule has 1 heterocycles.